The molecular formula is C48H40N6O4. The first-order chi connectivity index (χ1) is 28.3. The zero-order valence-corrected chi connectivity index (χ0v) is 32.4. The molecule has 6 aromatic rings. The molecule has 4 heterocycles. The van der Waals surface area contributed by atoms with E-state index < -0.39 is 0 Å². The number of dihydropyridines is 1. The molecule has 58 heavy (non-hydrogen) atoms. The maximum atomic E-state index is 12.5. The Bertz CT molecular complexity index is 2760. The number of aromatic nitrogens is 2. The van der Waals surface area contributed by atoms with Crippen LogP contribution in [0.25, 0.3) is 22.4 Å². The number of nitrogens with zero attached hydrogens (tertiary/aromatic N) is 6. The maximum absolute atomic E-state index is 12.5. The quantitative estimate of drug-likeness (QED) is 0.163. The van der Waals surface area contributed by atoms with Gasteiger partial charge < -0.3 is 14.1 Å². The van der Waals surface area contributed by atoms with Crippen LogP contribution in [0.1, 0.15) is 56.8 Å². The molecule has 2 aromatic heterocycles. The molecule has 286 valence electrons. The minimum Gasteiger partial charge on any atom is -0.497 e. The summed E-state index contributed by atoms with van der Waals surface area (Å²) < 4.78 is 13.3. The fourth-order valence-electron chi connectivity index (χ4n) is 8.29. The van der Waals surface area contributed by atoms with Crippen molar-refractivity contribution in [1.82, 2.24) is 14.5 Å². The van der Waals surface area contributed by atoms with Crippen LogP contribution in [0.15, 0.2) is 158 Å². The molecule has 0 spiro atoms. The van der Waals surface area contributed by atoms with Crippen molar-refractivity contribution in [2.24, 2.45) is 15.2 Å². The molecule has 0 N–H and O–H groups in total. The lowest BCUT2D eigenvalue weighted by Crippen LogP contribution is -2.19. The van der Waals surface area contributed by atoms with E-state index in [4.69, 9.17) is 14.1 Å². The number of aliphatic imine (C=N–C) groups is 1. The number of amides is 1. The maximum Gasteiger partial charge on any atom is 0.298 e. The highest BCUT2D eigenvalue weighted by molar-refractivity contribution is 6.53. The predicted molar refractivity (Wildman–Crippen MR) is 227 cm³/mol. The Morgan fingerprint density at radius 3 is 2.41 bits per heavy atom. The summed E-state index contributed by atoms with van der Waals surface area (Å²) in [6.45, 7) is 0.723. The van der Waals surface area contributed by atoms with Gasteiger partial charge in [-0.15, -0.1) is 5.10 Å². The summed E-state index contributed by atoms with van der Waals surface area (Å²) in [4.78, 5) is 33.9. The van der Waals surface area contributed by atoms with Crippen LogP contribution in [0, 0.1) is 0 Å². The van der Waals surface area contributed by atoms with E-state index in [1.807, 2.05) is 38.5 Å². The molecule has 10 rings (SSSR count). The number of rotatable bonds is 7. The molecule has 4 aliphatic rings. The topological polar surface area (TPSA) is 115 Å². The number of ether oxygens (including phenoxy) is 1. The molecule has 10 nitrogen and oxygen atoms in total. The van der Waals surface area contributed by atoms with Crippen molar-refractivity contribution >= 4 is 29.6 Å². The fraction of sp³-hybridized carbons (Fsp3) is 0.167. The number of allylic oxidation sites excluding steroid dienone is 3. The van der Waals surface area contributed by atoms with Gasteiger partial charge in [0, 0.05) is 60.1 Å². The summed E-state index contributed by atoms with van der Waals surface area (Å²) in [6, 6.07) is 35.6. The molecule has 2 aliphatic carbocycles. The molecule has 0 saturated heterocycles. The zero-order valence-electron chi connectivity index (χ0n) is 32.4. The van der Waals surface area contributed by atoms with Crippen LogP contribution < -0.4 is 10.3 Å². The van der Waals surface area contributed by atoms with E-state index in [1.54, 1.807) is 42.4 Å². The van der Waals surface area contributed by atoms with E-state index in [0.29, 0.717) is 11.6 Å². The Morgan fingerprint density at radius 1 is 0.845 bits per heavy atom. The first-order valence-corrected chi connectivity index (χ1v) is 19.2. The largest absolute Gasteiger partial charge is 0.497 e. The molecular weight excluding hydrogens is 725 g/mol. The highest BCUT2D eigenvalue weighted by Crippen LogP contribution is 2.48. The molecule has 0 bridgehead atoms. The van der Waals surface area contributed by atoms with Crippen LogP contribution in [0.4, 0.5) is 0 Å². The van der Waals surface area contributed by atoms with Gasteiger partial charge in [0.25, 0.3) is 11.5 Å². The van der Waals surface area contributed by atoms with E-state index in [1.165, 1.54) is 50.7 Å². The summed E-state index contributed by atoms with van der Waals surface area (Å²) in [5, 5.41) is 7.17. The number of methoxy groups -OCH3 is 1. The summed E-state index contributed by atoms with van der Waals surface area (Å²) in [5.74, 6) is 1.43. The Morgan fingerprint density at radius 2 is 1.64 bits per heavy atom. The van der Waals surface area contributed by atoms with Crippen molar-refractivity contribution in [2.75, 3.05) is 21.2 Å². The second kappa shape index (κ2) is 15.5. The van der Waals surface area contributed by atoms with Crippen molar-refractivity contribution in [3.05, 3.63) is 189 Å². The number of hydrogen-bond donors (Lipinski definition) is 0. The van der Waals surface area contributed by atoms with Crippen LogP contribution in [0.5, 0.6) is 5.75 Å². The minimum atomic E-state index is -0.310. The normalized spacial score (nSPS) is 17.2. The van der Waals surface area contributed by atoms with Crippen molar-refractivity contribution in [1.29, 1.82) is 0 Å². The van der Waals surface area contributed by atoms with Gasteiger partial charge in [-0.25, -0.2) is 9.98 Å². The summed E-state index contributed by atoms with van der Waals surface area (Å²) in [6.07, 6.45) is 12.3. The molecule has 0 saturated carbocycles. The van der Waals surface area contributed by atoms with Crippen molar-refractivity contribution < 1.29 is 13.9 Å². The second-order valence-corrected chi connectivity index (χ2v) is 14.9. The molecule has 0 radical (unpaired) electrons. The van der Waals surface area contributed by atoms with Gasteiger partial charge in [-0.3, -0.25) is 14.2 Å². The average molecular weight is 765 g/mol. The minimum absolute atomic E-state index is 0.0380. The standard InChI is InChI=1S/C42H37N3O3.C6H3N3O/c1-44(2)25-30-26-48-42(43-30)29-22-37(28-13-17-32(47-3)18-14-28)36-20-19-35-33-8-4-5-9-34(33)38(24-40(35)39(36)23-29)27-11-15-31(16-12-27)45-21-7-6-10-41(45)46;10-6-5-4(1-2-7-6)3-8-9-5/h4-22,26,37-38H,23-25H2,1-3H3;1-3H. The van der Waals surface area contributed by atoms with E-state index >= 15 is 0 Å². The van der Waals surface area contributed by atoms with Gasteiger partial charge in [0.2, 0.25) is 5.89 Å². The summed E-state index contributed by atoms with van der Waals surface area (Å²) in [5.41, 5.74) is 14.3. The molecule has 2 aliphatic heterocycles. The number of fused-ring (bicyclic) bond motifs is 6. The number of oxazole rings is 1. The van der Waals surface area contributed by atoms with E-state index in [0.717, 1.165) is 47.7 Å². The van der Waals surface area contributed by atoms with Crippen LogP contribution in [0.3, 0.4) is 0 Å². The van der Waals surface area contributed by atoms with E-state index in [2.05, 4.69) is 99.0 Å². The third-order valence-electron chi connectivity index (χ3n) is 11.0. The number of pyridine rings is 1. The van der Waals surface area contributed by atoms with Gasteiger partial charge >= 0.3 is 0 Å². The lowest BCUT2D eigenvalue weighted by Gasteiger charge is -2.34. The van der Waals surface area contributed by atoms with Crippen LogP contribution in [-0.2, 0) is 24.2 Å². The molecule has 2 unspecified atom stereocenters. The zero-order chi connectivity index (χ0) is 39.8. The molecule has 0 fully saturated rings. The Labute approximate surface area is 335 Å². The first-order valence-electron chi connectivity index (χ1n) is 19.2. The second-order valence-electron chi connectivity index (χ2n) is 14.9. The SMILES string of the molecule is COc1ccc(C2C=C(c3nc(CN(C)C)co3)Cc3c2ccc2c3CC(c3ccc(-n4ccccc4=O)cc3)c3ccccc3-2)cc1.O=C1N=CC=C2C=NN=C12. The number of carbonyl (C=O) groups excluding carboxylic acids is 1. The Balaban J connectivity index is 0.000000378. The third kappa shape index (κ3) is 6.99. The number of hydrogen-bond acceptors (Lipinski definition) is 8. The smallest absolute Gasteiger partial charge is 0.298 e. The Kier molecular flexibility index (Phi) is 9.76. The van der Waals surface area contributed by atoms with Crippen molar-refractivity contribution in [3.63, 3.8) is 0 Å². The molecule has 4 aromatic carbocycles. The lowest BCUT2D eigenvalue weighted by atomic mass is 9.70. The summed E-state index contributed by atoms with van der Waals surface area (Å²) in [7, 11) is 5.78. The first kappa shape index (κ1) is 36.6. The fourth-order valence-corrected chi connectivity index (χ4v) is 8.29. The van der Waals surface area contributed by atoms with Gasteiger partial charge in [-0.1, -0.05) is 72.8 Å². The predicted octanol–water partition coefficient (Wildman–Crippen LogP) is 7.99. The van der Waals surface area contributed by atoms with Gasteiger partial charge in [-0.05, 0) is 101 Å². The van der Waals surface area contributed by atoms with Crippen molar-refractivity contribution in [3.8, 4) is 22.6 Å². The van der Waals surface area contributed by atoms with Gasteiger partial charge in [-0.2, -0.15) is 5.10 Å². The molecule has 2 atom stereocenters. The highest BCUT2D eigenvalue weighted by Gasteiger charge is 2.33. The third-order valence-corrected chi connectivity index (χ3v) is 11.0. The number of carbonyl (C=O) groups is 1. The average Bonchev–Trinajstić information content (AvgIpc) is 3.94. The highest BCUT2D eigenvalue weighted by atomic mass is 16.5. The van der Waals surface area contributed by atoms with E-state index in [9.17, 15) is 9.59 Å². The van der Waals surface area contributed by atoms with Gasteiger partial charge in [0.1, 0.15) is 12.0 Å². The van der Waals surface area contributed by atoms with Crippen molar-refractivity contribution in [2.45, 2.75) is 31.2 Å². The van der Waals surface area contributed by atoms with Crippen LogP contribution in [0.2, 0.25) is 0 Å². The molecule has 10 heteroatoms. The molecule has 1 amide bonds. The summed E-state index contributed by atoms with van der Waals surface area (Å²) >= 11 is 0. The Hall–Kier alpha value is -7.04. The number of benzene rings is 4. The monoisotopic (exact) mass is 764 g/mol. The van der Waals surface area contributed by atoms with E-state index in [-0.39, 0.29) is 23.3 Å². The van der Waals surface area contributed by atoms with Crippen LogP contribution >= 0.6 is 0 Å². The lowest BCUT2D eigenvalue weighted by molar-refractivity contribution is -0.111. The van der Waals surface area contributed by atoms with Gasteiger partial charge in [0.05, 0.1) is 19.0 Å². The van der Waals surface area contributed by atoms with Gasteiger partial charge in [0.15, 0.2) is 5.71 Å². The van der Waals surface area contributed by atoms with Crippen LogP contribution in [-0.4, -0.2) is 59.7 Å².